The SMILES string of the molecule is CC(C)[C@H](N)CN1CCN(Cc2ccco2)CC1. The molecule has 1 atom stereocenters. The maximum Gasteiger partial charge on any atom is 0.117 e. The molecule has 4 nitrogen and oxygen atoms in total. The molecule has 1 saturated heterocycles. The molecule has 0 aromatic carbocycles. The molecule has 0 unspecified atom stereocenters. The minimum absolute atomic E-state index is 0.293. The molecule has 1 aliphatic rings. The van der Waals surface area contributed by atoms with Gasteiger partial charge in [-0.2, -0.15) is 0 Å². The van der Waals surface area contributed by atoms with Gasteiger partial charge in [0.05, 0.1) is 12.8 Å². The molecule has 102 valence electrons. The zero-order valence-electron chi connectivity index (χ0n) is 11.5. The number of nitrogens with two attached hydrogens (primary N) is 1. The minimum Gasteiger partial charge on any atom is -0.468 e. The topological polar surface area (TPSA) is 45.6 Å². The quantitative estimate of drug-likeness (QED) is 0.859. The van der Waals surface area contributed by atoms with Crippen LogP contribution < -0.4 is 5.73 Å². The normalized spacial score (nSPS) is 20.4. The van der Waals surface area contributed by atoms with Crippen molar-refractivity contribution in [3.63, 3.8) is 0 Å². The van der Waals surface area contributed by atoms with Gasteiger partial charge in [-0.05, 0) is 18.1 Å². The summed E-state index contributed by atoms with van der Waals surface area (Å²) in [6.07, 6.45) is 1.74. The van der Waals surface area contributed by atoms with Crippen LogP contribution in [0.15, 0.2) is 22.8 Å². The van der Waals surface area contributed by atoms with Gasteiger partial charge in [-0.3, -0.25) is 9.80 Å². The van der Waals surface area contributed by atoms with Crippen molar-refractivity contribution in [2.75, 3.05) is 32.7 Å². The van der Waals surface area contributed by atoms with Crippen molar-refractivity contribution < 1.29 is 4.42 Å². The lowest BCUT2D eigenvalue weighted by Crippen LogP contribution is -2.50. The maximum absolute atomic E-state index is 6.12. The lowest BCUT2D eigenvalue weighted by Gasteiger charge is -2.36. The molecular formula is C14H25N3O. The van der Waals surface area contributed by atoms with Crippen LogP contribution in [-0.4, -0.2) is 48.6 Å². The molecule has 0 aliphatic carbocycles. The van der Waals surface area contributed by atoms with E-state index in [-0.39, 0.29) is 0 Å². The van der Waals surface area contributed by atoms with Crippen LogP contribution in [-0.2, 0) is 6.54 Å². The van der Waals surface area contributed by atoms with Crippen molar-refractivity contribution in [3.05, 3.63) is 24.2 Å². The Morgan fingerprint density at radius 3 is 2.44 bits per heavy atom. The molecular weight excluding hydrogens is 226 g/mol. The van der Waals surface area contributed by atoms with E-state index >= 15 is 0 Å². The molecule has 0 radical (unpaired) electrons. The van der Waals surface area contributed by atoms with Gasteiger partial charge in [-0.25, -0.2) is 0 Å². The Labute approximate surface area is 110 Å². The number of furan rings is 1. The molecule has 1 fully saturated rings. The van der Waals surface area contributed by atoms with Crippen LogP contribution in [0.3, 0.4) is 0 Å². The first-order valence-corrected chi connectivity index (χ1v) is 6.88. The van der Waals surface area contributed by atoms with Gasteiger partial charge in [-0.15, -0.1) is 0 Å². The van der Waals surface area contributed by atoms with Crippen molar-refractivity contribution in [1.29, 1.82) is 0 Å². The van der Waals surface area contributed by atoms with Crippen LogP contribution >= 0.6 is 0 Å². The molecule has 1 aromatic rings. The van der Waals surface area contributed by atoms with E-state index in [0.717, 1.165) is 45.0 Å². The largest absolute Gasteiger partial charge is 0.468 e. The highest BCUT2D eigenvalue weighted by molar-refractivity contribution is 4.98. The summed E-state index contributed by atoms with van der Waals surface area (Å²) in [6, 6.07) is 4.29. The number of rotatable bonds is 5. The first-order chi connectivity index (χ1) is 8.65. The van der Waals surface area contributed by atoms with E-state index in [4.69, 9.17) is 10.2 Å². The van der Waals surface area contributed by atoms with Gasteiger partial charge in [0.15, 0.2) is 0 Å². The van der Waals surface area contributed by atoms with E-state index in [1.807, 2.05) is 12.1 Å². The fourth-order valence-corrected chi connectivity index (χ4v) is 2.26. The van der Waals surface area contributed by atoms with Gasteiger partial charge in [0.2, 0.25) is 0 Å². The second-order valence-corrected chi connectivity index (χ2v) is 5.56. The summed E-state index contributed by atoms with van der Waals surface area (Å²) in [7, 11) is 0. The molecule has 0 amide bonds. The van der Waals surface area contributed by atoms with Crippen LogP contribution in [0.4, 0.5) is 0 Å². The van der Waals surface area contributed by atoms with Gasteiger partial charge in [0, 0.05) is 38.8 Å². The summed E-state index contributed by atoms with van der Waals surface area (Å²) in [6.45, 7) is 10.8. The molecule has 0 saturated carbocycles. The number of nitrogens with zero attached hydrogens (tertiary/aromatic N) is 2. The molecule has 2 rings (SSSR count). The van der Waals surface area contributed by atoms with Crippen molar-refractivity contribution in [3.8, 4) is 0 Å². The molecule has 0 bridgehead atoms. The molecule has 1 aliphatic heterocycles. The van der Waals surface area contributed by atoms with Gasteiger partial charge in [-0.1, -0.05) is 13.8 Å². The standard InChI is InChI=1S/C14H25N3O/c1-12(2)14(15)11-17-7-5-16(6-8-17)10-13-4-3-9-18-13/h3-4,9,12,14H,5-8,10-11,15H2,1-2H3/t14-/m1/s1. The highest BCUT2D eigenvalue weighted by Crippen LogP contribution is 2.10. The van der Waals surface area contributed by atoms with E-state index in [9.17, 15) is 0 Å². The van der Waals surface area contributed by atoms with Crippen molar-refractivity contribution in [2.45, 2.75) is 26.4 Å². The zero-order chi connectivity index (χ0) is 13.0. The van der Waals surface area contributed by atoms with Crippen LogP contribution in [0, 0.1) is 5.92 Å². The zero-order valence-corrected chi connectivity index (χ0v) is 11.5. The second kappa shape index (κ2) is 6.36. The van der Waals surface area contributed by atoms with Crippen molar-refractivity contribution in [2.24, 2.45) is 11.7 Å². The third-order valence-electron chi connectivity index (χ3n) is 3.75. The molecule has 1 aromatic heterocycles. The predicted octanol–water partition coefficient (Wildman–Crippen LogP) is 1.38. The number of hydrogen-bond donors (Lipinski definition) is 1. The molecule has 2 heterocycles. The fourth-order valence-electron chi connectivity index (χ4n) is 2.26. The third-order valence-corrected chi connectivity index (χ3v) is 3.75. The Kier molecular flexibility index (Phi) is 4.80. The van der Waals surface area contributed by atoms with Crippen molar-refractivity contribution in [1.82, 2.24) is 9.80 Å². The summed E-state index contributed by atoms with van der Waals surface area (Å²) in [5.74, 6) is 1.62. The fraction of sp³-hybridized carbons (Fsp3) is 0.714. The number of hydrogen-bond acceptors (Lipinski definition) is 4. The Morgan fingerprint density at radius 1 is 1.22 bits per heavy atom. The van der Waals surface area contributed by atoms with Crippen LogP contribution in [0.5, 0.6) is 0 Å². The van der Waals surface area contributed by atoms with Crippen LogP contribution in [0.2, 0.25) is 0 Å². The Hall–Kier alpha value is -0.840. The van der Waals surface area contributed by atoms with E-state index in [1.54, 1.807) is 6.26 Å². The predicted molar refractivity (Wildman–Crippen MR) is 73.2 cm³/mol. The first kappa shape index (κ1) is 13.6. The van der Waals surface area contributed by atoms with E-state index < -0.39 is 0 Å². The summed E-state index contributed by atoms with van der Waals surface area (Å²) in [5.41, 5.74) is 6.12. The number of piperazine rings is 1. The molecule has 0 spiro atoms. The van der Waals surface area contributed by atoms with E-state index in [1.165, 1.54) is 0 Å². The monoisotopic (exact) mass is 251 g/mol. The van der Waals surface area contributed by atoms with E-state index in [0.29, 0.717) is 12.0 Å². The average Bonchev–Trinajstić information content (AvgIpc) is 2.84. The average molecular weight is 251 g/mol. The van der Waals surface area contributed by atoms with Crippen LogP contribution in [0.1, 0.15) is 19.6 Å². The highest BCUT2D eigenvalue weighted by Gasteiger charge is 2.20. The lowest BCUT2D eigenvalue weighted by atomic mass is 10.0. The smallest absolute Gasteiger partial charge is 0.117 e. The summed E-state index contributed by atoms with van der Waals surface area (Å²) < 4.78 is 5.38. The molecule has 4 heteroatoms. The highest BCUT2D eigenvalue weighted by atomic mass is 16.3. The molecule has 2 N–H and O–H groups in total. The van der Waals surface area contributed by atoms with Gasteiger partial charge in [0.1, 0.15) is 5.76 Å². The third kappa shape index (κ3) is 3.83. The molecule has 18 heavy (non-hydrogen) atoms. The van der Waals surface area contributed by atoms with Gasteiger partial charge >= 0.3 is 0 Å². The van der Waals surface area contributed by atoms with Gasteiger partial charge in [0.25, 0.3) is 0 Å². The van der Waals surface area contributed by atoms with E-state index in [2.05, 4.69) is 23.6 Å². The summed E-state index contributed by atoms with van der Waals surface area (Å²) >= 11 is 0. The lowest BCUT2D eigenvalue weighted by molar-refractivity contribution is 0.112. The Balaban J connectivity index is 1.71. The summed E-state index contributed by atoms with van der Waals surface area (Å²) in [5, 5.41) is 0. The Morgan fingerprint density at radius 2 is 1.89 bits per heavy atom. The van der Waals surface area contributed by atoms with Crippen molar-refractivity contribution >= 4 is 0 Å². The minimum atomic E-state index is 0.293. The summed E-state index contributed by atoms with van der Waals surface area (Å²) in [4.78, 5) is 4.92. The Bertz CT molecular complexity index is 329. The first-order valence-electron chi connectivity index (χ1n) is 6.88. The maximum atomic E-state index is 6.12. The van der Waals surface area contributed by atoms with Gasteiger partial charge < -0.3 is 10.2 Å². The second-order valence-electron chi connectivity index (χ2n) is 5.56. The van der Waals surface area contributed by atoms with Crippen LogP contribution in [0.25, 0.3) is 0 Å².